The summed E-state index contributed by atoms with van der Waals surface area (Å²) in [6, 6.07) is 1.73. The first-order valence-electron chi connectivity index (χ1n) is 5.10. The van der Waals surface area contributed by atoms with Crippen molar-refractivity contribution in [3.05, 3.63) is 23.7 Å². The highest BCUT2D eigenvalue weighted by atomic mass is 16.5. The number of hydrogen-bond donors (Lipinski definition) is 3. The van der Waals surface area contributed by atoms with E-state index >= 15 is 0 Å². The van der Waals surface area contributed by atoms with E-state index in [2.05, 4.69) is 25.5 Å². The molecule has 0 aliphatic carbocycles. The Morgan fingerprint density at radius 3 is 2.94 bits per heavy atom. The van der Waals surface area contributed by atoms with Crippen molar-refractivity contribution in [2.45, 2.75) is 13.5 Å². The number of nitrogens with two attached hydrogens (primary N) is 1. The first-order valence-corrected chi connectivity index (χ1v) is 5.10. The summed E-state index contributed by atoms with van der Waals surface area (Å²) in [5.74, 6) is 2.41. The molecule has 90 valence electrons. The van der Waals surface area contributed by atoms with Gasteiger partial charge in [0.15, 0.2) is 0 Å². The molecule has 0 fully saturated rings. The predicted molar refractivity (Wildman–Crippen MR) is 63.6 cm³/mol. The molecule has 7 heteroatoms. The number of methoxy groups -OCH3 is 1. The second kappa shape index (κ2) is 4.69. The number of nitrogen functional groups attached to an aromatic ring is 1. The Hall–Kier alpha value is -2.31. The number of nitrogens with zero attached hydrogens (tertiary/aromatic N) is 3. The zero-order chi connectivity index (χ0) is 12.3. The van der Waals surface area contributed by atoms with Gasteiger partial charge < -0.3 is 15.8 Å². The smallest absolute Gasteiger partial charge is 0.218 e. The Morgan fingerprint density at radius 1 is 1.47 bits per heavy atom. The molecule has 7 nitrogen and oxygen atoms in total. The van der Waals surface area contributed by atoms with Gasteiger partial charge in [-0.2, -0.15) is 10.1 Å². The third-order valence-corrected chi connectivity index (χ3v) is 2.23. The first kappa shape index (κ1) is 11.2. The SMILES string of the molecule is COc1cc(NCc2cn[nH]c2N)nc(C)n1. The van der Waals surface area contributed by atoms with Crippen LogP contribution >= 0.6 is 0 Å². The lowest BCUT2D eigenvalue weighted by molar-refractivity contribution is 0.396. The van der Waals surface area contributed by atoms with E-state index in [9.17, 15) is 0 Å². The molecule has 2 heterocycles. The maximum Gasteiger partial charge on any atom is 0.218 e. The summed E-state index contributed by atoms with van der Waals surface area (Å²) in [5, 5.41) is 9.64. The van der Waals surface area contributed by atoms with Crippen LogP contribution in [-0.4, -0.2) is 27.3 Å². The zero-order valence-electron chi connectivity index (χ0n) is 9.69. The largest absolute Gasteiger partial charge is 0.481 e. The normalized spacial score (nSPS) is 10.2. The van der Waals surface area contributed by atoms with E-state index in [1.165, 1.54) is 0 Å². The maximum atomic E-state index is 5.68. The van der Waals surface area contributed by atoms with Gasteiger partial charge in [-0.15, -0.1) is 0 Å². The lowest BCUT2D eigenvalue weighted by Crippen LogP contribution is -2.05. The number of H-pyrrole nitrogens is 1. The van der Waals surface area contributed by atoms with Gasteiger partial charge in [-0.25, -0.2) is 4.98 Å². The van der Waals surface area contributed by atoms with E-state index in [1.54, 1.807) is 26.3 Å². The highest BCUT2D eigenvalue weighted by molar-refractivity contribution is 5.43. The van der Waals surface area contributed by atoms with E-state index in [0.717, 1.165) is 5.56 Å². The number of aromatic amines is 1. The molecule has 2 rings (SSSR count). The van der Waals surface area contributed by atoms with E-state index in [1.807, 2.05) is 0 Å². The second-order valence-corrected chi connectivity index (χ2v) is 3.51. The van der Waals surface area contributed by atoms with Crippen LogP contribution in [0.3, 0.4) is 0 Å². The highest BCUT2D eigenvalue weighted by Gasteiger charge is 2.04. The lowest BCUT2D eigenvalue weighted by atomic mass is 10.3. The van der Waals surface area contributed by atoms with Crippen LogP contribution < -0.4 is 15.8 Å². The molecule has 4 N–H and O–H groups in total. The number of hydrogen-bond acceptors (Lipinski definition) is 6. The molecule has 0 saturated heterocycles. The molecule has 0 spiro atoms. The van der Waals surface area contributed by atoms with Gasteiger partial charge >= 0.3 is 0 Å². The van der Waals surface area contributed by atoms with Crippen LogP contribution in [0.2, 0.25) is 0 Å². The number of rotatable bonds is 4. The van der Waals surface area contributed by atoms with Crippen molar-refractivity contribution in [1.82, 2.24) is 20.2 Å². The Bertz CT molecular complexity index is 509. The number of nitrogens with one attached hydrogen (secondary N) is 2. The van der Waals surface area contributed by atoms with E-state index in [4.69, 9.17) is 10.5 Å². The van der Waals surface area contributed by atoms with Gasteiger partial charge in [-0.1, -0.05) is 0 Å². The molecular formula is C10H14N6O. The van der Waals surface area contributed by atoms with Crippen LogP contribution in [0, 0.1) is 6.92 Å². The van der Waals surface area contributed by atoms with Crippen molar-refractivity contribution in [1.29, 1.82) is 0 Å². The molecule has 0 amide bonds. The Morgan fingerprint density at radius 2 is 2.29 bits per heavy atom. The fourth-order valence-electron chi connectivity index (χ4n) is 1.38. The molecule has 2 aromatic heterocycles. The molecule has 0 unspecified atom stereocenters. The quantitative estimate of drug-likeness (QED) is 0.720. The molecule has 0 saturated carbocycles. The van der Waals surface area contributed by atoms with Gasteiger partial charge in [-0.3, -0.25) is 5.10 Å². The number of ether oxygens (including phenoxy) is 1. The average molecular weight is 234 g/mol. The number of aryl methyl sites for hydroxylation is 1. The minimum absolute atomic E-state index is 0.528. The summed E-state index contributed by atoms with van der Waals surface area (Å²) in [6.07, 6.45) is 1.67. The Balaban J connectivity index is 2.09. The summed E-state index contributed by atoms with van der Waals surface area (Å²) < 4.78 is 5.06. The number of anilines is 2. The molecular weight excluding hydrogens is 220 g/mol. The van der Waals surface area contributed by atoms with E-state index in [0.29, 0.717) is 29.9 Å². The van der Waals surface area contributed by atoms with Crippen LogP contribution in [0.4, 0.5) is 11.6 Å². The minimum Gasteiger partial charge on any atom is -0.481 e. The van der Waals surface area contributed by atoms with Gasteiger partial charge in [0.1, 0.15) is 17.5 Å². The summed E-state index contributed by atoms with van der Waals surface area (Å²) in [7, 11) is 1.57. The van der Waals surface area contributed by atoms with Crippen molar-refractivity contribution >= 4 is 11.6 Å². The van der Waals surface area contributed by atoms with Gasteiger partial charge in [0.25, 0.3) is 0 Å². The van der Waals surface area contributed by atoms with Crippen LogP contribution in [0.5, 0.6) is 5.88 Å². The fraction of sp³-hybridized carbons (Fsp3) is 0.300. The van der Waals surface area contributed by atoms with Gasteiger partial charge in [0, 0.05) is 18.2 Å². The standard InChI is InChI=1S/C10H14N6O/c1-6-14-8(3-9(15-6)17-2)12-4-7-5-13-16-10(7)11/h3,5H,4H2,1-2H3,(H3,11,13,16)(H,12,14,15). The molecule has 0 atom stereocenters. The Kier molecular flexibility index (Phi) is 3.08. The topological polar surface area (TPSA) is 102 Å². The Labute approximate surface area is 98.4 Å². The molecule has 0 radical (unpaired) electrons. The molecule has 0 bridgehead atoms. The van der Waals surface area contributed by atoms with Crippen molar-refractivity contribution in [2.75, 3.05) is 18.2 Å². The van der Waals surface area contributed by atoms with Crippen LogP contribution in [0.1, 0.15) is 11.4 Å². The van der Waals surface area contributed by atoms with Crippen LogP contribution in [0.15, 0.2) is 12.3 Å². The van der Waals surface area contributed by atoms with Crippen LogP contribution in [0.25, 0.3) is 0 Å². The average Bonchev–Trinajstić information content (AvgIpc) is 2.71. The van der Waals surface area contributed by atoms with Crippen molar-refractivity contribution in [2.24, 2.45) is 0 Å². The monoisotopic (exact) mass is 234 g/mol. The molecule has 2 aromatic rings. The zero-order valence-corrected chi connectivity index (χ0v) is 9.69. The highest BCUT2D eigenvalue weighted by Crippen LogP contribution is 2.14. The summed E-state index contributed by atoms with van der Waals surface area (Å²) in [4.78, 5) is 8.34. The van der Waals surface area contributed by atoms with Crippen molar-refractivity contribution < 1.29 is 4.74 Å². The summed E-state index contributed by atoms with van der Waals surface area (Å²) in [6.45, 7) is 2.35. The van der Waals surface area contributed by atoms with Crippen molar-refractivity contribution in [3.63, 3.8) is 0 Å². The van der Waals surface area contributed by atoms with Gasteiger partial charge in [-0.05, 0) is 6.92 Å². The minimum atomic E-state index is 0.528. The third-order valence-electron chi connectivity index (χ3n) is 2.23. The third kappa shape index (κ3) is 2.63. The maximum absolute atomic E-state index is 5.68. The summed E-state index contributed by atoms with van der Waals surface area (Å²) in [5.41, 5.74) is 6.56. The predicted octanol–water partition coefficient (Wildman–Crippen LogP) is 0.711. The molecule has 0 aliphatic heterocycles. The first-order chi connectivity index (χ1) is 8.19. The van der Waals surface area contributed by atoms with E-state index < -0.39 is 0 Å². The van der Waals surface area contributed by atoms with Gasteiger partial charge in [0.05, 0.1) is 13.3 Å². The van der Waals surface area contributed by atoms with Crippen LogP contribution in [-0.2, 0) is 6.54 Å². The lowest BCUT2D eigenvalue weighted by Gasteiger charge is -2.07. The molecule has 17 heavy (non-hydrogen) atoms. The van der Waals surface area contributed by atoms with Crippen molar-refractivity contribution in [3.8, 4) is 5.88 Å². The summed E-state index contributed by atoms with van der Waals surface area (Å²) >= 11 is 0. The second-order valence-electron chi connectivity index (χ2n) is 3.51. The van der Waals surface area contributed by atoms with E-state index in [-0.39, 0.29) is 0 Å². The molecule has 0 aliphatic rings. The fourth-order valence-corrected chi connectivity index (χ4v) is 1.38. The number of aromatic nitrogens is 4. The molecule has 0 aromatic carbocycles. The van der Waals surface area contributed by atoms with Gasteiger partial charge in [0.2, 0.25) is 5.88 Å².